The average molecular weight is 264 g/mol. The van der Waals surface area contributed by atoms with Gasteiger partial charge in [0.15, 0.2) is 0 Å². The molecule has 0 aliphatic heterocycles. The van der Waals surface area contributed by atoms with E-state index in [-0.39, 0.29) is 28.4 Å². The van der Waals surface area contributed by atoms with Crippen molar-refractivity contribution >= 4 is 13.6 Å². The Labute approximate surface area is 96.9 Å². The lowest BCUT2D eigenvalue weighted by Gasteiger charge is -2.14. The predicted molar refractivity (Wildman–Crippen MR) is 57.8 cm³/mol. The molecule has 0 radical (unpaired) electrons. The van der Waals surface area contributed by atoms with Gasteiger partial charge in [-0.15, -0.1) is 0 Å². The number of nitrogens with zero attached hydrogens (tertiary/aromatic N) is 1. The normalized spacial score (nSPS) is 11.8. The van der Waals surface area contributed by atoms with Gasteiger partial charge in [0.2, 0.25) is 0 Å². The molecule has 1 rings (SSSR count). The number of anilines is 1. The molecule has 0 aliphatic carbocycles. The minimum atomic E-state index is -4.65. The van der Waals surface area contributed by atoms with Crippen LogP contribution in [0.5, 0.6) is 5.75 Å². The number of phosphoric acid groups is 1. The lowest BCUT2D eigenvalue weighted by atomic mass is 10.1. The molecule has 9 heteroatoms. The quantitative estimate of drug-likeness (QED) is 0.469. The maximum Gasteiger partial charge on any atom is 0.469 e. The summed E-state index contributed by atoms with van der Waals surface area (Å²) in [6, 6.07) is 0. The molecule has 1 aromatic rings. The van der Waals surface area contributed by atoms with Crippen LogP contribution in [0.1, 0.15) is 16.8 Å². The number of phosphoric ester groups is 1. The fourth-order valence-corrected chi connectivity index (χ4v) is 1.59. The van der Waals surface area contributed by atoms with Gasteiger partial charge in [0, 0.05) is 11.1 Å². The van der Waals surface area contributed by atoms with Crippen LogP contribution in [0, 0.1) is 6.92 Å². The molecule has 0 amide bonds. The third kappa shape index (κ3) is 3.39. The summed E-state index contributed by atoms with van der Waals surface area (Å²) < 4.78 is 14.8. The van der Waals surface area contributed by atoms with E-state index in [2.05, 4.69) is 9.51 Å². The van der Waals surface area contributed by atoms with Crippen molar-refractivity contribution in [1.29, 1.82) is 0 Å². The Balaban J connectivity index is 3.14. The monoisotopic (exact) mass is 264 g/mol. The summed E-state index contributed by atoms with van der Waals surface area (Å²) in [5, 5.41) is 18.7. The van der Waals surface area contributed by atoms with E-state index in [9.17, 15) is 9.67 Å². The SMILES string of the molecule is Cc1nc(N)c(COP(=O)(O)O)c(CO)c1O. The molecule has 0 fully saturated rings. The number of hydrogen-bond donors (Lipinski definition) is 5. The van der Waals surface area contributed by atoms with Crippen LogP contribution in [-0.4, -0.2) is 25.0 Å². The first-order valence-electron chi connectivity index (χ1n) is 4.54. The van der Waals surface area contributed by atoms with Crippen LogP contribution in [-0.2, 0) is 22.3 Å². The van der Waals surface area contributed by atoms with E-state index in [4.69, 9.17) is 20.6 Å². The first kappa shape index (κ1) is 13.9. The fourth-order valence-electron chi connectivity index (χ4n) is 1.30. The standard InChI is InChI=1S/C8H13N2O6P/c1-4-7(12)5(2-11)6(8(9)10-4)3-16-17(13,14)15/h11-12H,2-3H2,1H3,(H2,9,10)(H2,13,14,15). The Morgan fingerprint density at radius 3 is 2.47 bits per heavy atom. The number of hydrogen-bond acceptors (Lipinski definition) is 6. The van der Waals surface area contributed by atoms with E-state index in [0.29, 0.717) is 0 Å². The third-order valence-electron chi connectivity index (χ3n) is 2.13. The first-order chi connectivity index (χ1) is 7.76. The molecule has 0 atom stereocenters. The molecule has 0 saturated carbocycles. The van der Waals surface area contributed by atoms with E-state index < -0.39 is 21.0 Å². The zero-order valence-electron chi connectivity index (χ0n) is 8.99. The van der Waals surface area contributed by atoms with E-state index in [1.54, 1.807) is 0 Å². The van der Waals surface area contributed by atoms with Crippen LogP contribution < -0.4 is 5.73 Å². The molecule has 0 unspecified atom stereocenters. The van der Waals surface area contributed by atoms with Crippen molar-refractivity contribution in [3.05, 3.63) is 16.8 Å². The van der Waals surface area contributed by atoms with Gasteiger partial charge in [-0.3, -0.25) is 4.52 Å². The Morgan fingerprint density at radius 2 is 2.00 bits per heavy atom. The molecular weight excluding hydrogens is 251 g/mol. The number of aromatic hydroxyl groups is 1. The minimum absolute atomic E-state index is 0.0449. The molecule has 6 N–H and O–H groups in total. The number of aromatic nitrogens is 1. The summed E-state index contributed by atoms with van der Waals surface area (Å²) in [5.41, 5.74) is 5.84. The number of nitrogen functional groups attached to an aromatic ring is 1. The Bertz CT molecular complexity index is 472. The van der Waals surface area contributed by atoms with Gasteiger partial charge in [0.05, 0.1) is 18.9 Å². The molecule has 1 heterocycles. The number of aliphatic hydroxyl groups is 1. The number of aryl methyl sites for hydroxylation is 1. The highest BCUT2D eigenvalue weighted by atomic mass is 31.2. The largest absolute Gasteiger partial charge is 0.506 e. The summed E-state index contributed by atoms with van der Waals surface area (Å²) >= 11 is 0. The van der Waals surface area contributed by atoms with Crippen molar-refractivity contribution in [3.63, 3.8) is 0 Å². The van der Waals surface area contributed by atoms with Crippen molar-refractivity contribution in [2.45, 2.75) is 20.1 Å². The maximum atomic E-state index is 10.6. The van der Waals surface area contributed by atoms with Crippen molar-refractivity contribution < 1.29 is 29.1 Å². The van der Waals surface area contributed by atoms with Gasteiger partial charge in [0.25, 0.3) is 0 Å². The molecule has 0 spiro atoms. The van der Waals surface area contributed by atoms with Gasteiger partial charge in [-0.2, -0.15) is 0 Å². The summed E-state index contributed by atoms with van der Waals surface area (Å²) in [4.78, 5) is 20.9. The summed E-state index contributed by atoms with van der Waals surface area (Å²) in [6.45, 7) is 0.393. The van der Waals surface area contributed by atoms with Crippen LogP contribution in [0.3, 0.4) is 0 Å². The molecule has 0 aromatic carbocycles. The Morgan fingerprint density at radius 1 is 1.41 bits per heavy atom. The van der Waals surface area contributed by atoms with Crippen molar-refractivity contribution in [2.75, 3.05) is 5.73 Å². The lowest BCUT2D eigenvalue weighted by Crippen LogP contribution is -2.06. The Hall–Kier alpha value is -1.18. The lowest BCUT2D eigenvalue weighted by molar-refractivity contribution is 0.186. The molecule has 1 aromatic heterocycles. The highest BCUT2D eigenvalue weighted by Gasteiger charge is 2.20. The van der Waals surface area contributed by atoms with E-state index >= 15 is 0 Å². The van der Waals surface area contributed by atoms with Crippen molar-refractivity contribution in [2.24, 2.45) is 0 Å². The zero-order chi connectivity index (χ0) is 13.2. The summed E-state index contributed by atoms with van der Waals surface area (Å²) in [7, 11) is -4.65. The number of pyridine rings is 1. The minimum Gasteiger partial charge on any atom is -0.506 e. The number of rotatable bonds is 4. The molecular formula is C8H13N2O6P. The Kier molecular flexibility index (Phi) is 4.07. The highest BCUT2D eigenvalue weighted by Crippen LogP contribution is 2.39. The molecule has 8 nitrogen and oxygen atoms in total. The van der Waals surface area contributed by atoms with Crippen LogP contribution >= 0.6 is 7.82 Å². The fraction of sp³-hybridized carbons (Fsp3) is 0.375. The van der Waals surface area contributed by atoms with Gasteiger partial charge in [-0.25, -0.2) is 9.55 Å². The van der Waals surface area contributed by atoms with E-state index in [1.165, 1.54) is 6.92 Å². The van der Waals surface area contributed by atoms with Crippen LogP contribution in [0.25, 0.3) is 0 Å². The van der Waals surface area contributed by atoms with Crippen LogP contribution in [0.2, 0.25) is 0 Å². The second-order valence-corrected chi connectivity index (χ2v) is 4.55. The van der Waals surface area contributed by atoms with Gasteiger partial charge >= 0.3 is 7.82 Å². The summed E-state index contributed by atoms with van der Waals surface area (Å²) in [6.07, 6.45) is 0. The summed E-state index contributed by atoms with van der Waals surface area (Å²) in [5.74, 6) is -0.330. The third-order valence-corrected chi connectivity index (χ3v) is 2.59. The van der Waals surface area contributed by atoms with Gasteiger partial charge < -0.3 is 25.7 Å². The average Bonchev–Trinajstić information content (AvgIpc) is 2.20. The predicted octanol–water partition coefficient (Wildman–Crippen LogP) is -0.221. The molecule has 17 heavy (non-hydrogen) atoms. The van der Waals surface area contributed by atoms with Gasteiger partial charge in [-0.1, -0.05) is 0 Å². The first-order valence-corrected chi connectivity index (χ1v) is 6.07. The van der Waals surface area contributed by atoms with Crippen molar-refractivity contribution in [1.82, 2.24) is 4.98 Å². The molecule has 0 aliphatic rings. The number of nitrogens with two attached hydrogens (primary N) is 1. The van der Waals surface area contributed by atoms with E-state index in [1.807, 2.05) is 0 Å². The van der Waals surface area contributed by atoms with Gasteiger partial charge in [0.1, 0.15) is 11.6 Å². The van der Waals surface area contributed by atoms with E-state index in [0.717, 1.165) is 0 Å². The molecule has 0 bridgehead atoms. The van der Waals surface area contributed by atoms with Crippen molar-refractivity contribution in [3.8, 4) is 5.75 Å². The second-order valence-electron chi connectivity index (χ2n) is 3.31. The number of aliphatic hydroxyl groups excluding tert-OH is 1. The smallest absolute Gasteiger partial charge is 0.469 e. The van der Waals surface area contributed by atoms with Gasteiger partial charge in [-0.05, 0) is 6.92 Å². The topological polar surface area (TPSA) is 146 Å². The van der Waals surface area contributed by atoms with Crippen LogP contribution in [0.15, 0.2) is 0 Å². The highest BCUT2D eigenvalue weighted by molar-refractivity contribution is 7.46. The second kappa shape index (κ2) is 4.99. The maximum absolute atomic E-state index is 10.6. The zero-order valence-corrected chi connectivity index (χ0v) is 9.89. The molecule has 96 valence electrons. The molecule has 0 saturated heterocycles. The van der Waals surface area contributed by atoms with Crippen LogP contribution in [0.4, 0.5) is 5.82 Å².